The molecule has 1 amide bonds. The van der Waals surface area contributed by atoms with Crippen molar-refractivity contribution < 1.29 is 23.6 Å². The number of nitrogens with zero attached hydrogens (tertiary/aromatic N) is 2. The van der Waals surface area contributed by atoms with Crippen LogP contribution in [0.2, 0.25) is 0 Å². The number of carboxylic acids is 1. The molecular weight excluding hydrogens is 300 g/mol. The fourth-order valence-electron chi connectivity index (χ4n) is 2.89. The molecule has 3 rings (SSSR count). The zero-order valence-corrected chi connectivity index (χ0v) is 12.6. The van der Waals surface area contributed by atoms with E-state index in [1.165, 1.54) is 6.26 Å². The molecule has 7 nitrogen and oxygen atoms in total. The highest BCUT2D eigenvalue weighted by Crippen LogP contribution is 2.24. The first-order valence-electron chi connectivity index (χ1n) is 7.65. The molecular formula is C16H18N2O5. The smallest absolute Gasteiger partial charge is 0.303 e. The Morgan fingerprint density at radius 2 is 2.26 bits per heavy atom. The van der Waals surface area contributed by atoms with Crippen LogP contribution in [0.15, 0.2) is 33.4 Å². The standard InChI is InChI=1S/C16H18N2O5/c19-15(20)6-5-11-3-1-7-18(10-11)16(21)12-9-14(23-17-12)13-4-2-8-22-13/h2,4,8-9,11H,1,3,5-7,10H2,(H,19,20). The van der Waals surface area contributed by atoms with Crippen LogP contribution < -0.4 is 0 Å². The average Bonchev–Trinajstić information content (AvgIpc) is 3.23. The second-order valence-corrected chi connectivity index (χ2v) is 5.75. The first kappa shape index (κ1) is 15.3. The number of hydrogen-bond donors (Lipinski definition) is 1. The zero-order chi connectivity index (χ0) is 16.2. The van der Waals surface area contributed by atoms with Crippen LogP contribution in [0.25, 0.3) is 11.5 Å². The molecule has 0 aromatic carbocycles. The molecule has 0 spiro atoms. The van der Waals surface area contributed by atoms with Crippen molar-refractivity contribution in [2.75, 3.05) is 13.1 Å². The Morgan fingerprint density at radius 1 is 1.39 bits per heavy atom. The molecule has 0 radical (unpaired) electrons. The van der Waals surface area contributed by atoms with Gasteiger partial charge in [-0.25, -0.2) is 0 Å². The van der Waals surface area contributed by atoms with Crippen LogP contribution in [-0.4, -0.2) is 40.1 Å². The van der Waals surface area contributed by atoms with Gasteiger partial charge >= 0.3 is 5.97 Å². The van der Waals surface area contributed by atoms with Gasteiger partial charge in [-0.15, -0.1) is 0 Å². The number of hydrogen-bond acceptors (Lipinski definition) is 5. The average molecular weight is 318 g/mol. The molecule has 23 heavy (non-hydrogen) atoms. The second-order valence-electron chi connectivity index (χ2n) is 5.75. The van der Waals surface area contributed by atoms with Crippen LogP contribution in [0, 0.1) is 5.92 Å². The minimum atomic E-state index is -0.798. The molecule has 0 bridgehead atoms. The third kappa shape index (κ3) is 3.61. The van der Waals surface area contributed by atoms with Gasteiger partial charge in [0.2, 0.25) is 5.76 Å². The van der Waals surface area contributed by atoms with E-state index >= 15 is 0 Å². The summed E-state index contributed by atoms with van der Waals surface area (Å²) in [5.41, 5.74) is 0.246. The second kappa shape index (κ2) is 6.68. The van der Waals surface area contributed by atoms with Gasteiger partial charge < -0.3 is 18.9 Å². The number of rotatable bonds is 5. The van der Waals surface area contributed by atoms with E-state index in [0.29, 0.717) is 31.0 Å². The highest BCUT2D eigenvalue weighted by Gasteiger charge is 2.27. The van der Waals surface area contributed by atoms with Crippen molar-refractivity contribution in [2.24, 2.45) is 5.92 Å². The molecule has 0 aliphatic carbocycles. The number of furan rings is 1. The van der Waals surface area contributed by atoms with Crippen molar-refractivity contribution in [2.45, 2.75) is 25.7 Å². The van der Waals surface area contributed by atoms with Gasteiger partial charge in [-0.05, 0) is 37.3 Å². The van der Waals surface area contributed by atoms with Gasteiger partial charge in [-0.3, -0.25) is 9.59 Å². The Morgan fingerprint density at radius 3 is 3.00 bits per heavy atom. The third-order valence-corrected chi connectivity index (χ3v) is 4.07. The van der Waals surface area contributed by atoms with Gasteiger partial charge in [-0.1, -0.05) is 5.16 Å². The van der Waals surface area contributed by atoms with E-state index in [0.717, 1.165) is 12.8 Å². The van der Waals surface area contributed by atoms with E-state index < -0.39 is 5.97 Å². The Labute approximate surface area is 132 Å². The number of carbonyl (C=O) groups excluding carboxylic acids is 1. The lowest BCUT2D eigenvalue weighted by atomic mass is 9.93. The molecule has 7 heteroatoms. The normalized spacial score (nSPS) is 18.1. The summed E-state index contributed by atoms with van der Waals surface area (Å²) >= 11 is 0. The lowest BCUT2D eigenvalue weighted by Gasteiger charge is -2.32. The van der Waals surface area contributed by atoms with Crippen molar-refractivity contribution in [3.63, 3.8) is 0 Å². The van der Waals surface area contributed by atoms with Crippen LogP contribution in [0.1, 0.15) is 36.2 Å². The molecule has 1 fully saturated rings. The van der Waals surface area contributed by atoms with Crippen LogP contribution >= 0.6 is 0 Å². The minimum absolute atomic E-state index is 0.138. The molecule has 1 N–H and O–H groups in total. The van der Waals surface area contributed by atoms with Crippen molar-refractivity contribution in [3.05, 3.63) is 30.2 Å². The molecule has 0 saturated carbocycles. The minimum Gasteiger partial charge on any atom is -0.481 e. The Bertz CT molecular complexity index is 676. The molecule has 3 heterocycles. The summed E-state index contributed by atoms with van der Waals surface area (Å²) in [4.78, 5) is 24.9. The van der Waals surface area contributed by atoms with Crippen LogP contribution in [0.3, 0.4) is 0 Å². The van der Waals surface area contributed by atoms with Crippen LogP contribution in [0.4, 0.5) is 0 Å². The van der Waals surface area contributed by atoms with E-state index in [-0.39, 0.29) is 23.9 Å². The van der Waals surface area contributed by atoms with Gasteiger partial charge in [0, 0.05) is 25.6 Å². The van der Waals surface area contributed by atoms with Crippen molar-refractivity contribution in [1.29, 1.82) is 0 Å². The first-order chi connectivity index (χ1) is 11.1. The number of aliphatic carboxylic acids is 1. The Hall–Kier alpha value is -2.57. The lowest BCUT2D eigenvalue weighted by molar-refractivity contribution is -0.137. The number of likely N-dealkylation sites (tertiary alicyclic amines) is 1. The predicted molar refractivity (Wildman–Crippen MR) is 79.7 cm³/mol. The summed E-state index contributed by atoms with van der Waals surface area (Å²) < 4.78 is 10.4. The van der Waals surface area contributed by atoms with Gasteiger partial charge in [0.15, 0.2) is 11.5 Å². The van der Waals surface area contributed by atoms with E-state index in [4.69, 9.17) is 14.0 Å². The van der Waals surface area contributed by atoms with Crippen molar-refractivity contribution in [1.82, 2.24) is 10.1 Å². The Kier molecular flexibility index (Phi) is 4.45. The zero-order valence-electron chi connectivity index (χ0n) is 12.6. The number of piperidine rings is 1. The molecule has 122 valence electrons. The summed E-state index contributed by atoms with van der Waals surface area (Å²) in [6.45, 7) is 1.22. The van der Waals surface area contributed by atoms with Gasteiger partial charge in [0.1, 0.15) is 0 Å². The van der Waals surface area contributed by atoms with Gasteiger partial charge in [-0.2, -0.15) is 0 Å². The largest absolute Gasteiger partial charge is 0.481 e. The molecule has 1 aliphatic rings. The molecule has 1 saturated heterocycles. The Balaban J connectivity index is 1.64. The fraction of sp³-hybridized carbons (Fsp3) is 0.438. The molecule has 2 aromatic rings. The number of carboxylic acid groups (broad SMARTS) is 1. The van der Waals surface area contributed by atoms with Crippen molar-refractivity contribution >= 4 is 11.9 Å². The maximum absolute atomic E-state index is 12.5. The summed E-state index contributed by atoms with van der Waals surface area (Å²) in [5, 5.41) is 12.6. The van der Waals surface area contributed by atoms with E-state index in [9.17, 15) is 9.59 Å². The maximum atomic E-state index is 12.5. The quantitative estimate of drug-likeness (QED) is 0.910. The molecule has 1 unspecified atom stereocenters. The number of carbonyl (C=O) groups is 2. The molecule has 1 aliphatic heterocycles. The fourth-order valence-corrected chi connectivity index (χ4v) is 2.89. The summed E-state index contributed by atoms with van der Waals surface area (Å²) in [5.74, 6) is 0.173. The topological polar surface area (TPSA) is 96.8 Å². The molecule has 1 atom stereocenters. The van der Waals surface area contributed by atoms with E-state index in [1.807, 2.05) is 0 Å². The SMILES string of the molecule is O=C(O)CCC1CCCN(C(=O)c2cc(-c3ccco3)on2)C1. The highest BCUT2D eigenvalue weighted by atomic mass is 16.5. The van der Waals surface area contributed by atoms with Gasteiger partial charge in [0.05, 0.1) is 6.26 Å². The third-order valence-electron chi connectivity index (χ3n) is 4.07. The lowest BCUT2D eigenvalue weighted by Crippen LogP contribution is -2.40. The summed E-state index contributed by atoms with van der Waals surface area (Å²) in [7, 11) is 0. The van der Waals surface area contributed by atoms with E-state index in [2.05, 4.69) is 5.16 Å². The summed E-state index contributed by atoms with van der Waals surface area (Å²) in [6, 6.07) is 5.04. The maximum Gasteiger partial charge on any atom is 0.303 e. The van der Waals surface area contributed by atoms with Crippen molar-refractivity contribution in [3.8, 4) is 11.5 Å². The predicted octanol–water partition coefficient (Wildman–Crippen LogP) is 2.65. The van der Waals surface area contributed by atoms with Crippen LogP contribution in [0.5, 0.6) is 0 Å². The van der Waals surface area contributed by atoms with E-state index in [1.54, 1.807) is 23.1 Å². The number of aromatic nitrogens is 1. The number of amides is 1. The highest BCUT2D eigenvalue weighted by molar-refractivity contribution is 5.93. The van der Waals surface area contributed by atoms with Crippen LogP contribution in [-0.2, 0) is 4.79 Å². The molecule has 2 aromatic heterocycles. The monoisotopic (exact) mass is 318 g/mol. The van der Waals surface area contributed by atoms with Gasteiger partial charge in [0.25, 0.3) is 5.91 Å². The summed E-state index contributed by atoms with van der Waals surface area (Å²) in [6.07, 6.45) is 4.08. The first-order valence-corrected chi connectivity index (χ1v) is 7.65.